The lowest BCUT2D eigenvalue weighted by Gasteiger charge is -2.08. The zero-order chi connectivity index (χ0) is 26.7. The van der Waals surface area contributed by atoms with Crippen LogP contribution in [0.15, 0.2) is 126 Å². The van der Waals surface area contributed by atoms with E-state index in [1.165, 1.54) is 0 Å². The normalized spacial score (nSPS) is 12.4. The van der Waals surface area contributed by atoms with Crippen molar-refractivity contribution in [3.63, 3.8) is 0 Å². The van der Waals surface area contributed by atoms with E-state index in [-0.39, 0.29) is 0 Å². The fourth-order valence-corrected chi connectivity index (χ4v) is 6.45. The van der Waals surface area contributed by atoms with Gasteiger partial charge in [0.1, 0.15) is 11.1 Å². The maximum Gasteiger partial charge on any atom is 0.234 e. The van der Waals surface area contributed by atoms with E-state index in [0.29, 0.717) is 0 Å². The van der Waals surface area contributed by atoms with E-state index in [4.69, 9.17) is 14.4 Å². The minimum atomic E-state index is 0.760. The van der Waals surface area contributed by atoms with Gasteiger partial charge in [-0.3, -0.25) is 13.5 Å². The molecule has 0 unspecified atom stereocenters. The topological polar surface area (TPSA) is 57.6 Å². The third-order valence-corrected chi connectivity index (χ3v) is 8.19. The Morgan fingerprint density at radius 3 is 2.07 bits per heavy atom. The van der Waals surface area contributed by atoms with Gasteiger partial charge < -0.3 is 4.42 Å². The van der Waals surface area contributed by atoms with Gasteiger partial charge in [0.05, 0.1) is 38.8 Å². The molecule has 0 N–H and O–H groups in total. The molecular weight excluding hydrogens is 508 g/mol. The number of hydrogen-bond donors (Lipinski definition) is 0. The van der Waals surface area contributed by atoms with Gasteiger partial charge in [0, 0.05) is 11.1 Å². The minimum Gasteiger partial charge on any atom is -0.437 e. The molecule has 0 amide bonds. The smallest absolute Gasteiger partial charge is 0.234 e. The van der Waals surface area contributed by atoms with Crippen LogP contribution < -0.4 is 0 Å². The highest BCUT2D eigenvalue weighted by Crippen LogP contribution is 2.36. The van der Waals surface area contributed by atoms with Crippen molar-refractivity contribution in [3.8, 4) is 11.4 Å². The van der Waals surface area contributed by atoms with Gasteiger partial charge in [0.15, 0.2) is 0 Å². The summed E-state index contributed by atoms with van der Waals surface area (Å²) in [5, 5.41) is 1.02. The first kappa shape index (κ1) is 21.1. The minimum absolute atomic E-state index is 0.760. The number of fused-ring (bicyclic) bond motifs is 12. The Morgan fingerprint density at radius 1 is 0.488 bits per heavy atom. The highest BCUT2D eigenvalue weighted by molar-refractivity contribution is 6.05. The van der Waals surface area contributed by atoms with Crippen molar-refractivity contribution in [2.45, 2.75) is 0 Å². The summed E-state index contributed by atoms with van der Waals surface area (Å²) in [5.74, 6) is 1.70. The Bertz CT molecular complexity index is 2640. The zero-order valence-corrected chi connectivity index (χ0v) is 21.6. The summed E-state index contributed by atoms with van der Waals surface area (Å²) in [7, 11) is 0. The molecule has 0 bridgehead atoms. The average molecular weight is 529 g/mol. The molecule has 5 aromatic carbocycles. The standard InChI is InChI=1S/C34H20N6O/c1-2-10-21(11-3-1)37-28-19-18-22(20-29(28)39-25-14-6-5-13-24(25)35-33(37)39)38-26-15-7-8-16-27(26)40-32-31(36-34(38)40)23-12-4-9-17-30(23)41-32/h1-20H. The van der Waals surface area contributed by atoms with Crippen LogP contribution in [0.4, 0.5) is 0 Å². The summed E-state index contributed by atoms with van der Waals surface area (Å²) < 4.78 is 15.2. The van der Waals surface area contributed by atoms with Gasteiger partial charge in [-0.15, -0.1) is 0 Å². The predicted molar refractivity (Wildman–Crippen MR) is 162 cm³/mol. The highest BCUT2D eigenvalue weighted by atomic mass is 16.3. The predicted octanol–water partition coefficient (Wildman–Crippen LogP) is 7.92. The quantitative estimate of drug-likeness (QED) is 0.229. The van der Waals surface area contributed by atoms with E-state index in [1.807, 2.05) is 30.3 Å². The second-order valence-electron chi connectivity index (χ2n) is 10.4. The molecule has 0 saturated carbocycles. The van der Waals surface area contributed by atoms with Crippen molar-refractivity contribution >= 4 is 66.9 Å². The first-order valence-electron chi connectivity index (χ1n) is 13.6. The Morgan fingerprint density at radius 2 is 1.17 bits per heavy atom. The van der Waals surface area contributed by atoms with Crippen LogP contribution in [0.25, 0.3) is 78.2 Å². The Hall–Kier alpha value is -5.82. The van der Waals surface area contributed by atoms with Crippen LogP contribution >= 0.6 is 0 Å². The zero-order valence-electron chi connectivity index (χ0n) is 21.6. The van der Waals surface area contributed by atoms with Gasteiger partial charge in [-0.25, -0.2) is 14.4 Å². The Labute approximate surface area is 231 Å². The van der Waals surface area contributed by atoms with Crippen LogP contribution in [0.2, 0.25) is 0 Å². The molecule has 10 aromatic rings. The fourth-order valence-electron chi connectivity index (χ4n) is 6.45. The molecule has 0 radical (unpaired) electrons. The largest absolute Gasteiger partial charge is 0.437 e. The number of furan rings is 1. The second kappa shape index (κ2) is 7.43. The lowest BCUT2D eigenvalue weighted by Crippen LogP contribution is -1.97. The van der Waals surface area contributed by atoms with Gasteiger partial charge in [-0.1, -0.05) is 54.6 Å². The van der Waals surface area contributed by atoms with E-state index in [0.717, 1.165) is 78.2 Å². The van der Waals surface area contributed by atoms with Crippen molar-refractivity contribution in [3.05, 3.63) is 121 Å². The number of aromatic nitrogens is 6. The summed E-state index contributed by atoms with van der Waals surface area (Å²) in [6.45, 7) is 0. The summed E-state index contributed by atoms with van der Waals surface area (Å²) in [5.41, 5.74) is 10.9. The molecule has 0 aliphatic carbocycles. The van der Waals surface area contributed by atoms with Crippen molar-refractivity contribution in [2.24, 2.45) is 0 Å². The van der Waals surface area contributed by atoms with Crippen LogP contribution in [0.3, 0.4) is 0 Å². The number of para-hydroxylation sites is 6. The van der Waals surface area contributed by atoms with E-state index in [1.54, 1.807) is 0 Å². The molecule has 0 fully saturated rings. The van der Waals surface area contributed by atoms with Crippen LogP contribution in [0.5, 0.6) is 0 Å². The molecule has 10 rings (SSSR count). The van der Waals surface area contributed by atoms with Crippen molar-refractivity contribution in [2.75, 3.05) is 0 Å². The molecule has 7 nitrogen and oxygen atoms in total. The third-order valence-electron chi connectivity index (χ3n) is 8.19. The van der Waals surface area contributed by atoms with Gasteiger partial charge in [0.2, 0.25) is 17.3 Å². The number of hydrogen-bond acceptors (Lipinski definition) is 3. The lowest BCUT2D eigenvalue weighted by atomic mass is 10.2. The van der Waals surface area contributed by atoms with Crippen LogP contribution in [0, 0.1) is 0 Å². The molecular formula is C34H20N6O. The molecule has 0 aliphatic rings. The molecule has 5 heterocycles. The molecule has 41 heavy (non-hydrogen) atoms. The maximum atomic E-state index is 6.35. The number of rotatable bonds is 2. The van der Waals surface area contributed by atoms with Crippen LogP contribution in [-0.2, 0) is 0 Å². The summed E-state index contributed by atoms with van der Waals surface area (Å²) in [4.78, 5) is 10.2. The molecule has 7 heteroatoms. The lowest BCUT2D eigenvalue weighted by molar-refractivity contribution is 0.651. The first-order valence-corrected chi connectivity index (χ1v) is 13.6. The highest BCUT2D eigenvalue weighted by Gasteiger charge is 2.23. The van der Waals surface area contributed by atoms with Crippen LogP contribution in [-0.4, -0.2) is 27.9 Å². The van der Waals surface area contributed by atoms with Gasteiger partial charge in [-0.05, 0) is 66.7 Å². The molecule has 0 aliphatic heterocycles. The summed E-state index contributed by atoms with van der Waals surface area (Å²) in [6.07, 6.45) is 0. The number of imidazole rings is 4. The first-order chi connectivity index (χ1) is 20.3. The van der Waals surface area contributed by atoms with Crippen molar-refractivity contribution in [1.29, 1.82) is 0 Å². The molecule has 5 aromatic heterocycles. The number of benzene rings is 5. The second-order valence-corrected chi connectivity index (χ2v) is 10.4. The van der Waals surface area contributed by atoms with E-state index in [2.05, 4.69) is 109 Å². The van der Waals surface area contributed by atoms with Crippen molar-refractivity contribution < 1.29 is 4.42 Å². The van der Waals surface area contributed by atoms with E-state index >= 15 is 0 Å². The van der Waals surface area contributed by atoms with Crippen molar-refractivity contribution in [1.82, 2.24) is 27.9 Å². The maximum absolute atomic E-state index is 6.35. The average Bonchev–Trinajstić information content (AvgIpc) is 3.79. The van der Waals surface area contributed by atoms with Gasteiger partial charge in [-0.2, -0.15) is 0 Å². The Kier molecular flexibility index (Phi) is 3.81. The molecule has 0 saturated heterocycles. The van der Waals surface area contributed by atoms with E-state index in [9.17, 15) is 0 Å². The molecule has 192 valence electrons. The SMILES string of the molecule is c1ccc(-n2c3ccc(-n4c5ccccc5n5c6oc7ccccc7c6nc45)cc3n3c4ccccc4nc23)cc1. The fraction of sp³-hybridized carbons (Fsp3) is 0. The van der Waals surface area contributed by atoms with Gasteiger partial charge >= 0.3 is 0 Å². The molecule has 0 spiro atoms. The summed E-state index contributed by atoms with van der Waals surface area (Å²) in [6, 6.07) is 41.8. The molecule has 0 atom stereocenters. The monoisotopic (exact) mass is 528 g/mol. The summed E-state index contributed by atoms with van der Waals surface area (Å²) >= 11 is 0. The number of nitrogens with zero attached hydrogens (tertiary/aromatic N) is 6. The third kappa shape index (κ3) is 2.62. The van der Waals surface area contributed by atoms with E-state index < -0.39 is 0 Å². The van der Waals surface area contributed by atoms with Gasteiger partial charge in [0.25, 0.3) is 0 Å². The Balaban J connectivity index is 1.34. The van der Waals surface area contributed by atoms with Crippen LogP contribution in [0.1, 0.15) is 0 Å².